The first-order chi connectivity index (χ1) is 9.10. The summed E-state index contributed by atoms with van der Waals surface area (Å²) in [6.07, 6.45) is 0. The van der Waals surface area contributed by atoms with E-state index in [1.165, 1.54) is 11.3 Å². The number of rotatable bonds is 4. The summed E-state index contributed by atoms with van der Waals surface area (Å²) in [6.45, 7) is 4.11. The van der Waals surface area contributed by atoms with E-state index in [2.05, 4.69) is 34.2 Å². The smallest absolute Gasteiger partial charge is 0.270 e. The van der Waals surface area contributed by atoms with Gasteiger partial charge in [-0.05, 0) is 14.1 Å². The van der Waals surface area contributed by atoms with Gasteiger partial charge in [-0.2, -0.15) is 0 Å². The zero-order valence-corrected chi connectivity index (χ0v) is 12.2. The lowest BCUT2D eigenvalue weighted by atomic mass is 10.2. The molecule has 1 fully saturated rings. The molecule has 0 aromatic carbocycles. The summed E-state index contributed by atoms with van der Waals surface area (Å²) in [5.74, 6) is -0.113. The van der Waals surface area contributed by atoms with E-state index in [4.69, 9.17) is 5.73 Å². The second kappa shape index (κ2) is 6.42. The Hall–Kier alpha value is -1.02. The molecule has 1 saturated heterocycles. The number of hydrogen-bond acceptors (Lipinski definition) is 6. The maximum Gasteiger partial charge on any atom is 0.270 e. The van der Waals surface area contributed by atoms with Crippen LogP contribution in [0.5, 0.6) is 0 Å². The molecule has 1 aromatic heterocycles. The molecule has 2 rings (SSSR count). The molecule has 3 N–H and O–H groups in total. The summed E-state index contributed by atoms with van der Waals surface area (Å²) >= 11 is 1.42. The van der Waals surface area contributed by atoms with Crippen molar-refractivity contribution in [3.05, 3.63) is 16.1 Å². The second-order valence-electron chi connectivity index (χ2n) is 4.94. The minimum absolute atomic E-state index is 0.113. The molecule has 1 atom stereocenters. The molecule has 1 amide bonds. The third kappa shape index (κ3) is 3.73. The molecule has 0 aliphatic carbocycles. The van der Waals surface area contributed by atoms with Crippen molar-refractivity contribution in [1.82, 2.24) is 20.1 Å². The maximum absolute atomic E-state index is 12.0. The number of nitrogens with zero attached hydrogens (tertiary/aromatic N) is 3. The second-order valence-corrected chi connectivity index (χ2v) is 5.88. The fraction of sp³-hybridized carbons (Fsp3) is 0.667. The Morgan fingerprint density at radius 1 is 1.58 bits per heavy atom. The highest BCUT2D eigenvalue weighted by Crippen LogP contribution is 2.09. The Kier molecular flexibility index (Phi) is 4.87. The third-order valence-electron chi connectivity index (χ3n) is 3.44. The lowest BCUT2D eigenvalue weighted by molar-refractivity contribution is 0.0877. The van der Waals surface area contributed by atoms with Gasteiger partial charge in [0.05, 0.1) is 0 Å². The molecule has 19 heavy (non-hydrogen) atoms. The highest BCUT2D eigenvalue weighted by molar-refractivity contribution is 7.09. The lowest BCUT2D eigenvalue weighted by Crippen LogP contribution is -2.54. The molecule has 1 aliphatic rings. The Bertz CT molecular complexity index is 436. The van der Waals surface area contributed by atoms with Gasteiger partial charge in [0, 0.05) is 44.1 Å². The van der Waals surface area contributed by atoms with Gasteiger partial charge in [0.15, 0.2) is 0 Å². The van der Waals surface area contributed by atoms with Crippen LogP contribution >= 0.6 is 11.3 Å². The normalized spacial score (nSPS) is 21.5. The summed E-state index contributed by atoms with van der Waals surface area (Å²) in [7, 11) is 4.20. The SMILES string of the molecule is CN1CCN(C)C(CNC(=O)c2csc(CN)n2)C1. The van der Waals surface area contributed by atoms with E-state index in [0.717, 1.165) is 24.6 Å². The number of likely N-dealkylation sites (N-methyl/N-ethyl adjacent to an activating group) is 2. The number of carbonyl (C=O) groups excluding carboxylic acids is 1. The molecule has 0 saturated carbocycles. The Labute approximate surface area is 117 Å². The van der Waals surface area contributed by atoms with Gasteiger partial charge in [-0.3, -0.25) is 9.69 Å². The van der Waals surface area contributed by atoms with Gasteiger partial charge in [0.2, 0.25) is 0 Å². The number of aromatic nitrogens is 1. The monoisotopic (exact) mass is 283 g/mol. The minimum atomic E-state index is -0.113. The molecular weight excluding hydrogens is 262 g/mol. The number of carbonyl (C=O) groups is 1. The van der Waals surface area contributed by atoms with Crippen LogP contribution in [0.2, 0.25) is 0 Å². The standard InChI is InChI=1S/C12H21N5OS/c1-16-3-4-17(2)9(7-16)6-14-12(18)10-8-19-11(5-13)15-10/h8-9H,3-7,13H2,1-2H3,(H,14,18). The molecule has 1 aromatic rings. The summed E-state index contributed by atoms with van der Waals surface area (Å²) in [5.41, 5.74) is 5.96. The number of thiazole rings is 1. The van der Waals surface area contributed by atoms with Crippen LogP contribution in [-0.4, -0.2) is 67.0 Å². The Balaban J connectivity index is 1.85. The first-order valence-electron chi connectivity index (χ1n) is 6.41. The summed E-state index contributed by atoms with van der Waals surface area (Å²) in [6, 6.07) is 0.357. The van der Waals surface area contributed by atoms with Gasteiger partial charge in [-0.15, -0.1) is 11.3 Å². The predicted octanol–water partition coefficient (Wildman–Crippen LogP) is -0.423. The maximum atomic E-state index is 12.0. The Morgan fingerprint density at radius 3 is 3.05 bits per heavy atom. The van der Waals surface area contributed by atoms with Crippen LogP contribution in [0.3, 0.4) is 0 Å². The molecule has 6 nitrogen and oxygen atoms in total. The first kappa shape index (κ1) is 14.4. The van der Waals surface area contributed by atoms with E-state index in [-0.39, 0.29) is 5.91 Å². The number of nitrogens with two attached hydrogens (primary N) is 1. The van der Waals surface area contributed by atoms with Crippen LogP contribution in [-0.2, 0) is 6.54 Å². The average Bonchev–Trinajstić information content (AvgIpc) is 2.88. The summed E-state index contributed by atoms with van der Waals surface area (Å²) in [4.78, 5) is 20.7. The van der Waals surface area contributed by atoms with E-state index in [1.807, 2.05) is 0 Å². The fourth-order valence-electron chi connectivity index (χ4n) is 2.13. The molecule has 0 bridgehead atoms. The fourth-order valence-corrected chi connectivity index (χ4v) is 2.79. The van der Waals surface area contributed by atoms with Crippen molar-refractivity contribution in [1.29, 1.82) is 0 Å². The van der Waals surface area contributed by atoms with Crippen LogP contribution in [0.4, 0.5) is 0 Å². The zero-order chi connectivity index (χ0) is 13.8. The largest absolute Gasteiger partial charge is 0.349 e. The Morgan fingerprint density at radius 2 is 2.37 bits per heavy atom. The molecular formula is C12H21N5OS. The minimum Gasteiger partial charge on any atom is -0.349 e. The number of piperazine rings is 1. The van der Waals surface area contributed by atoms with Crippen molar-refractivity contribution in [2.24, 2.45) is 5.73 Å². The van der Waals surface area contributed by atoms with Crippen LogP contribution in [0.1, 0.15) is 15.5 Å². The molecule has 0 spiro atoms. The quantitative estimate of drug-likeness (QED) is 0.785. The number of hydrogen-bond donors (Lipinski definition) is 2. The molecule has 1 unspecified atom stereocenters. The first-order valence-corrected chi connectivity index (χ1v) is 7.29. The van der Waals surface area contributed by atoms with E-state index >= 15 is 0 Å². The van der Waals surface area contributed by atoms with Gasteiger partial charge < -0.3 is 16.0 Å². The molecule has 2 heterocycles. The van der Waals surface area contributed by atoms with Crippen molar-refractivity contribution in [3.63, 3.8) is 0 Å². The average molecular weight is 283 g/mol. The zero-order valence-electron chi connectivity index (χ0n) is 11.4. The van der Waals surface area contributed by atoms with Crippen molar-refractivity contribution in [3.8, 4) is 0 Å². The van der Waals surface area contributed by atoms with E-state index in [1.54, 1.807) is 5.38 Å². The van der Waals surface area contributed by atoms with Gasteiger partial charge in [-0.1, -0.05) is 0 Å². The van der Waals surface area contributed by atoms with Gasteiger partial charge in [0.1, 0.15) is 10.7 Å². The van der Waals surface area contributed by atoms with Crippen molar-refractivity contribution in [2.45, 2.75) is 12.6 Å². The molecule has 1 aliphatic heterocycles. The predicted molar refractivity (Wildman–Crippen MR) is 76.3 cm³/mol. The van der Waals surface area contributed by atoms with Crippen LogP contribution in [0.25, 0.3) is 0 Å². The van der Waals surface area contributed by atoms with Crippen molar-refractivity contribution in [2.75, 3.05) is 40.3 Å². The summed E-state index contributed by atoms with van der Waals surface area (Å²) < 4.78 is 0. The number of amides is 1. The van der Waals surface area contributed by atoms with Gasteiger partial charge >= 0.3 is 0 Å². The summed E-state index contributed by atoms with van der Waals surface area (Å²) in [5, 5.41) is 5.50. The van der Waals surface area contributed by atoms with Crippen molar-refractivity contribution >= 4 is 17.2 Å². The van der Waals surface area contributed by atoms with Gasteiger partial charge in [-0.25, -0.2) is 4.98 Å². The lowest BCUT2D eigenvalue weighted by Gasteiger charge is -2.37. The topological polar surface area (TPSA) is 74.5 Å². The molecule has 0 radical (unpaired) electrons. The van der Waals surface area contributed by atoms with Crippen LogP contribution < -0.4 is 11.1 Å². The van der Waals surface area contributed by atoms with E-state index < -0.39 is 0 Å². The van der Waals surface area contributed by atoms with Gasteiger partial charge in [0.25, 0.3) is 5.91 Å². The highest BCUT2D eigenvalue weighted by atomic mass is 32.1. The molecule has 7 heteroatoms. The van der Waals surface area contributed by atoms with Crippen LogP contribution in [0, 0.1) is 0 Å². The van der Waals surface area contributed by atoms with E-state index in [0.29, 0.717) is 24.8 Å². The number of nitrogens with one attached hydrogen (secondary N) is 1. The molecule has 106 valence electrons. The van der Waals surface area contributed by atoms with Crippen molar-refractivity contribution < 1.29 is 4.79 Å². The van der Waals surface area contributed by atoms with Crippen LogP contribution in [0.15, 0.2) is 5.38 Å². The van der Waals surface area contributed by atoms with E-state index in [9.17, 15) is 4.79 Å². The highest BCUT2D eigenvalue weighted by Gasteiger charge is 2.22. The third-order valence-corrected chi connectivity index (χ3v) is 4.31.